The molecule has 2 N–H and O–H groups in total. The van der Waals surface area contributed by atoms with E-state index in [1.165, 1.54) is 29.7 Å². The second-order valence-electron chi connectivity index (χ2n) is 5.32. The molecule has 0 saturated heterocycles. The smallest absolute Gasteiger partial charge is 0.129 e. The number of hydrogen-bond acceptors (Lipinski definition) is 3. The molecule has 104 valence electrons. The summed E-state index contributed by atoms with van der Waals surface area (Å²) in [5.74, 6) is 1.06. The van der Waals surface area contributed by atoms with E-state index in [0.29, 0.717) is 6.54 Å². The van der Waals surface area contributed by atoms with Crippen LogP contribution in [-0.4, -0.2) is 18.1 Å². The van der Waals surface area contributed by atoms with Crippen LogP contribution in [0, 0.1) is 0 Å². The van der Waals surface area contributed by atoms with Crippen LogP contribution in [0.4, 0.5) is 5.82 Å². The van der Waals surface area contributed by atoms with Gasteiger partial charge in [0.25, 0.3) is 0 Å². The molecule has 1 heterocycles. The fraction of sp³-hybridized carbons (Fsp3) is 0.353. The zero-order valence-corrected chi connectivity index (χ0v) is 11.8. The fourth-order valence-corrected chi connectivity index (χ4v) is 2.82. The molecule has 3 heteroatoms. The van der Waals surface area contributed by atoms with Crippen LogP contribution in [0.3, 0.4) is 0 Å². The van der Waals surface area contributed by atoms with Gasteiger partial charge in [0.05, 0.1) is 0 Å². The molecule has 0 radical (unpaired) electrons. The van der Waals surface area contributed by atoms with Crippen molar-refractivity contribution in [1.82, 2.24) is 4.98 Å². The van der Waals surface area contributed by atoms with Gasteiger partial charge in [0.1, 0.15) is 5.82 Å². The highest BCUT2D eigenvalue weighted by atomic mass is 15.2. The number of aryl methyl sites for hydroxylation is 2. The molecule has 2 aromatic rings. The van der Waals surface area contributed by atoms with Gasteiger partial charge in [0, 0.05) is 25.3 Å². The maximum atomic E-state index is 5.76. The summed E-state index contributed by atoms with van der Waals surface area (Å²) < 4.78 is 0. The summed E-state index contributed by atoms with van der Waals surface area (Å²) in [6, 6.07) is 14.9. The Morgan fingerprint density at radius 2 is 1.90 bits per heavy atom. The molecule has 0 bridgehead atoms. The van der Waals surface area contributed by atoms with Gasteiger partial charge in [-0.2, -0.15) is 0 Å². The standard InChI is InChI=1S/C17H21N3/c18-11-12-20(13-14-5-2-1-3-6-14)17-10-9-15-7-4-8-16(15)19-17/h1-3,5-6,9-10H,4,7-8,11-13,18H2. The van der Waals surface area contributed by atoms with Crippen LogP contribution in [0.1, 0.15) is 23.2 Å². The maximum absolute atomic E-state index is 5.76. The monoisotopic (exact) mass is 267 g/mol. The van der Waals surface area contributed by atoms with Gasteiger partial charge in [-0.25, -0.2) is 4.98 Å². The molecular weight excluding hydrogens is 246 g/mol. The van der Waals surface area contributed by atoms with Crippen molar-refractivity contribution in [2.24, 2.45) is 5.73 Å². The van der Waals surface area contributed by atoms with E-state index in [9.17, 15) is 0 Å². The molecule has 1 aliphatic rings. The molecule has 1 aromatic heterocycles. The molecule has 0 unspecified atom stereocenters. The molecule has 1 aliphatic carbocycles. The zero-order valence-electron chi connectivity index (χ0n) is 11.8. The summed E-state index contributed by atoms with van der Waals surface area (Å²) in [5.41, 5.74) is 9.75. The third-order valence-electron chi connectivity index (χ3n) is 3.85. The van der Waals surface area contributed by atoms with Crippen LogP contribution >= 0.6 is 0 Å². The van der Waals surface area contributed by atoms with E-state index in [-0.39, 0.29) is 0 Å². The Balaban J connectivity index is 1.83. The summed E-state index contributed by atoms with van der Waals surface area (Å²) in [6.45, 7) is 2.34. The molecule has 0 fully saturated rings. The molecule has 0 saturated carbocycles. The van der Waals surface area contributed by atoms with E-state index in [1.807, 2.05) is 6.07 Å². The average molecular weight is 267 g/mol. The molecule has 20 heavy (non-hydrogen) atoms. The lowest BCUT2D eigenvalue weighted by Gasteiger charge is -2.24. The Labute approximate surface area is 120 Å². The second-order valence-corrected chi connectivity index (χ2v) is 5.32. The van der Waals surface area contributed by atoms with Gasteiger partial charge in [0.15, 0.2) is 0 Å². The molecule has 0 aliphatic heterocycles. The Morgan fingerprint density at radius 3 is 2.70 bits per heavy atom. The fourth-order valence-electron chi connectivity index (χ4n) is 2.82. The molecule has 0 amide bonds. The summed E-state index contributed by atoms with van der Waals surface area (Å²) in [6.07, 6.45) is 3.53. The van der Waals surface area contributed by atoms with E-state index in [1.54, 1.807) is 0 Å². The van der Waals surface area contributed by atoms with Crippen molar-refractivity contribution in [2.75, 3.05) is 18.0 Å². The van der Waals surface area contributed by atoms with Crippen LogP contribution in [0.15, 0.2) is 42.5 Å². The van der Waals surface area contributed by atoms with Gasteiger partial charge < -0.3 is 10.6 Å². The molecule has 3 nitrogen and oxygen atoms in total. The van der Waals surface area contributed by atoms with Gasteiger partial charge >= 0.3 is 0 Å². The minimum Gasteiger partial charge on any atom is -0.351 e. The highest BCUT2D eigenvalue weighted by Gasteiger charge is 2.15. The highest BCUT2D eigenvalue weighted by Crippen LogP contribution is 2.24. The van der Waals surface area contributed by atoms with Crippen LogP contribution < -0.4 is 10.6 Å². The lowest BCUT2D eigenvalue weighted by atomic mass is 10.2. The van der Waals surface area contributed by atoms with Gasteiger partial charge in [-0.3, -0.25) is 0 Å². The van der Waals surface area contributed by atoms with Gasteiger partial charge in [-0.05, 0) is 36.5 Å². The topological polar surface area (TPSA) is 42.1 Å². The third-order valence-corrected chi connectivity index (χ3v) is 3.85. The van der Waals surface area contributed by atoms with Crippen molar-refractivity contribution in [3.8, 4) is 0 Å². The number of anilines is 1. The molecule has 1 aromatic carbocycles. The van der Waals surface area contributed by atoms with E-state index in [4.69, 9.17) is 10.7 Å². The van der Waals surface area contributed by atoms with Crippen LogP contribution in [0.2, 0.25) is 0 Å². The number of nitrogens with two attached hydrogens (primary N) is 1. The number of aromatic nitrogens is 1. The largest absolute Gasteiger partial charge is 0.351 e. The van der Waals surface area contributed by atoms with Crippen molar-refractivity contribution < 1.29 is 0 Å². The first-order chi connectivity index (χ1) is 9.86. The van der Waals surface area contributed by atoms with E-state index < -0.39 is 0 Å². The second kappa shape index (κ2) is 6.06. The van der Waals surface area contributed by atoms with E-state index in [0.717, 1.165) is 25.3 Å². The normalized spacial score (nSPS) is 13.2. The summed E-state index contributed by atoms with van der Waals surface area (Å²) in [5, 5.41) is 0. The van der Waals surface area contributed by atoms with Crippen molar-refractivity contribution in [2.45, 2.75) is 25.8 Å². The van der Waals surface area contributed by atoms with Crippen molar-refractivity contribution in [1.29, 1.82) is 0 Å². The van der Waals surface area contributed by atoms with Crippen molar-refractivity contribution in [3.63, 3.8) is 0 Å². The Morgan fingerprint density at radius 1 is 1.05 bits per heavy atom. The summed E-state index contributed by atoms with van der Waals surface area (Å²) in [4.78, 5) is 7.11. The number of nitrogens with zero attached hydrogens (tertiary/aromatic N) is 2. The Bertz CT molecular complexity index is 566. The van der Waals surface area contributed by atoms with Crippen molar-refractivity contribution in [3.05, 3.63) is 59.3 Å². The van der Waals surface area contributed by atoms with Gasteiger partial charge in [-0.1, -0.05) is 36.4 Å². The molecule has 0 spiro atoms. The van der Waals surface area contributed by atoms with Crippen molar-refractivity contribution >= 4 is 5.82 Å². The quantitative estimate of drug-likeness (QED) is 0.905. The van der Waals surface area contributed by atoms with E-state index >= 15 is 0 Å². The molecule has 0 atom stereocenters. The Hall–Kier alpha value is -1.87. The van der Waals surface area contributed by atoms with Crippen LogP contribution in [0.5, 0.6) is 0 Å². The van der Waals surface area contributed by atoms with Gasteiger partial charge in [0.2, 0.25) is 0 Å². The van der Waals surface area contributed by atoms with E-state index in [2.05, 4.69) is 41.3 Å². The minimum absolute atomic E-state index is 0.644. The summed E-state index contributed by atoms with van der Waals surface area (Å²) >= 11 is 0. The maximum Gasteiger partial charge on any atom is 0.129 e. The first kappa shape index (κ1) is 13.1. The lowest BCUT2D eigenvalue weighted by molar-refractivity contribution is 0.771. The third kappa shape index (κ3) is 2.83. The van der Waals surface area contributed by atoms with Crippen LogP contribution in [-0.2, 0) is 19.4 Å². The number of pyridine rings is 1. The first-order valence-corrected chi connectivity index (χ1v) is 7.34. The number of fused-ring (bicyclic) bond motifs is 1. The number of rotatable bonds is 5. The number of hydrogen-bond donors (Lipinski definition) is 1. The minimum atomic E-state index is 0.644. The predicted octanol–water partition coefficient (Wildman–Crippen LogP) is 2.54. The lowest BCUT2D eigenvalue weighted by Crippen LogP contribution is -2.29. The highest BCUT2D eigenvalue weighted by molar-refractivity contribution is 5.44. The van der Waals surface area contributed by atoms with Gasteiger partial charge in [-0.15, -0.1) is 0 Å². The van der Waals surface area contributed by atoms with Crippen LogP contribution in [0.25, 0.3) is 0 Å². The molecular formula is C17H21N3. The predicted molar refractivity (Wildman–Crippen MR) is 82.8 cm³/mol. The Kier molecular flexibility index (Phi) is 3.97. The number of benzene rings is 1. The SMILES string of the molecule is NCCN(Cc1ccccc1)c1ccc2c(n1)CCC2. The zero-order chi connectivity index (χ0) is 13.8. The summed E-state index contributed by atoms with van der Waals surface area (Å²) in [7, 11) is 0. The first-order valence-electron chi connectivity index (χ1n) is 7.34. The average Bonchev–Trinajstić information content (AvgIpc) is 2.95. The molecule has 3 rings (SSSR count).